The molecule has 154 valence electrons. The lowest BCUT2D eigenvalue weighted by molar-refractivity contribution is -0.150. The van der Waals surface area contributed by atoms with Crippen LogP contribution < -0.4 is 0 Å². The number of fused-ring (bicyclic) bond motifs is 2. The van der Waals surface area contributed by atoms with Gasteiger partial charge in [0.15, 0.2) is 0 Å². The third-order valence-electron chi connectivity index (χ3n) is 7.46. The van der Waals surface area contributed by atoms with Crippen LogP contribution in [-0.2, 0) is 29.4 Å². The van der Waals surface area contributed by atoms with Crippen LogP contribution in [0, 0.1) is 0 Å². The Labute approximate surface area is 168 Å². The van der Waals surface area contributed by atoms with Crippen LogP contribution >= 0.6 is 0 Å². The zero-order valence-corrected chi connectivity index (χ0v) is 17.2. The summed E-state index contributed by atoms with van der Waals surface area (Å²) in [6.07, 6.45) is 12.0. The van der Waals surface area contributed by atoms with Crippen LogP contribution in [0.25, 0.3) is 0 Å². The number of rotatable bonds is 3. The molecule has 3 fully saturated rings. The number of morpholine rings is 1. The first kappa shape index (κ1) is 18.6. The first-order valence-corrected chi connectivity index (χ1v) is 11.4. The molecular weight excluding hydrogens is 352 g/mol. The van der Waals surface area contributed by atoms with Gasteiger partial charge in [0.1, 0.15) is 5.82 Å². The van der Waals surface area contributed by atoms with Crippen LogP contribution in [0.3, 0.4) is 0 Å². The maximum absolute atomic E-state index is 13.3. The molecule has 0 unspecified atom stereocenters. The van der Waals surface area contributed by atoms with Crippen LogP contribution in [-0.4, -0.2) is 63.6 Å². The molecule has 1 saturated carbocycles. The topological polar surface area (TPSA) is 50.6 Å². The Morgan fingerprint density at radius 2 is 1.93 bits per heavy atom. The van der Waals surface area contributed by atoms with Crippen molar-refractivity contribution in [1.29, 1.82) is 0 Å². The molecule has 6 nitrogen and oxygen atoms in total. The number of aromatic nitrogens is 2. The first-order chi connectivity index (χ1) is 13.7. The van der Waals surface area contributed by atoms with Crippen molar-refractivity contribution in [2.45, 2.75) is 82.4 Å². The molecular formula is C22H34N4O2. The second-order valence-electron chi connectivity index (χ2n) is 9.11. The minimum absolute atomic E-state index is 0.266. The Kier molecular flexibility index (Phi) is 5.18. The van der Waals surface area contributed by atoms with Crippen molar-refractivity contribution >= 4 is 5.91 Å². The fourth-order valence-electron chi connectivity index (χ4n) is 5.98. The maximum Gasteiger partial charge on any atom is 0.237 e. The normalized spacial score (nSPS) is 30.9. The van der Waals surface area contributed by atoms with Crippen LogP contribution in [0.15, 0.2) is 0 Å². The zero-order chi connectivity index (χ0) is 19.1. The summed E-state index contributed by atoms with van der Waals surface area (Å²) in [6.45, 7) is 3.00. The van der Waals surface area contributed by atoms with E-state index < -0.39 is 0 Å². The summed E-state index contributed by atoms with van der Waals surface area (Å²) in [7, 11) is 2.18. The minimum Gasteiger partial charge on any atom is -0.374 e. The molecule has 1 amide bonds. The highest BCUT2D eigenvalue weighted by Crippen LogP contribution is 2.34. The standard InChI is InChI=1S/C22H34N4O2/c1-24-17-8-3-2-7-16(17)23-22(24)19-10-6-12-25(19)15-21(27)26-13-14-28-20-11-5-4-9-18(20)26/h18-20H,2-15H2,1H3/t18-,19-,20-/m0/s1. The van der Waals surface area contributed by atoms with Crippen molar-refractivity contribution in [2.75, 3.05) is 26.2 Å². The van der Waals surface area contributed by atoms with Crippen molar-refractivity contribution in [3.05, 3.63) is 17.2 Å². The third kappa shape index (κ3) is 3.28. The molecule has 2 saturated heterocycles. The summed E-state index contributed by atoms with van der Waals surface area (Å²) in [5.41, 5.74) is 2.73. The number of carbonyl (C=O) groups excluding carboxylic acids is 1. The first-order valence-electron chi connectivity index (χ1n) is 11.4. The zero-order valence-electron chi connectivity index (χ0n) is 17.2. The summed E-state index contributed by atoms with van der Waals surface area (Å²) in [4.78, 5) is 22.8. The SMILES string of the molecule is Cn1c([C@@H]2CCCN2CC(=O)N2CCO[C@H]3CCCC[C@@H]32)nc2c1CCCC2. The molecule has 0 radical (unpaired) electrons. The quantitative estimate of drug-likeness (QED) is 0.801. The van der Waals surface area contributed by atoms with E-state index in [4.69, 9.17) is 9.72 Å². The molecule has 28 heavy (non-hydrogen) atoms. The Morgan fingerprint density at radius 3 is 2.82 bits per heavy atom. The summed E-state index contributed by atoms with van der Waals surface area (Å²) < 4.78 is 8.31. The fourth-order valence-corrected chi connectivity index (χ4v) is 5.98. The van der Waals surface area contributed by atoms with Crippen molar-refractivity contribution in [3.63, 3.8) is 0 Å². The van der Waals surface area contributed by atoms with Gasteiger partial charge in [-0.15, -0.1) is 0 Å². The summed E-state index contributed by atoms with van der Waals surface area (Å²) in [5, 5.41) is 0. The Bertz CT molecular complexity index is 728. The van der Waals surface area contributed by atoms with E-state index >= 15 is 0 Å². The molecule has 0 N–H and O–H groups in total. The summed E-state index contributed by atoms with van der Waals surface area (Å²) in [5.74, 6) is 1.49. The van der Waals surface area contributed by atoms with Crippen molar-refractivity contribution in [1.82, 2.24) is 19.4 Å². The Hall–Kier alpha value is -1.40. The lowest BCUT2D eigenvalue weighted by Crippen LogP contribution is -2.56. The number of carbonyl (C=O) groups is 1. The molecule has 0 bridgehead atoms. The number of nitrogens with zero attached hydrogens (tertiary/aromatic N) is 4. The van der Waals surface area contributed by atoms with Gasteiger partial charge >= 0.3 is 0 Å². The maximum atomic E-state index is 13.3. The lowest BCUT2D eigenvalue weighted by Gasteiger charge is -2.44. The summed E-state index contributed by atoms with van der Waals surface area (Å²) in [6, 6.07) is 0.597. The van der Waals surface area contributed by atoms with E-state index in [1.165, 1.54) is 42.9 Å². The Balaban J connectivity index is 1.31. The number of amides is 1. The number of aryl methyl sites for hydroxylation is 1. The van der Waals surface area contributed by atoms with Gasteiger partial charge in [-0.05, 0) is 57.9 Å². The second-order valence-corrected chi connectivity index (χ2v) is 9.11. The molecule has 2 aliphatic heterocycles. The van der Waals surface area contributed by atoms with Crippen molar-refractivity contribution < 1.29 is 9.53 Å². The average Bonchev–Trinajstić information content (AvgIpc) is 3.32. The van der Waals surface area contributed by atoms with Gasteiger partial charge in [0.25, 0.3) is 0 Å². The molecule has 0 aromatic carbocycles. The molecule has 3 heterocycles. The van der Waals surface area contributed by atoms with Gasteiger partial charge in [0.2, 0.25) is 5.91 Å². The van der Waals surface area contributed by atoms with Gasteiger partial charge in [-0.25, -0.2) is 4.98 Å². The molecule has 1 aromatic heterocycles. The lowest BCUT2D eigenvalue weighted by atomic mass is 9.90. The molecule has 1 aromatic rings. The average molecular weight is 387 g/mol. The number of ether oxygens (including phenoxy) is 1. The van der Waals surface area contributed by atoms with E-state index in [0.29, 0.717) is 31.1 Å². The van der Waals surface area contributed by atoms with Gasteiger partial charge in [-0.3, -0.25) is 9.69 Å². The van der Waals surface area contributed by atoms with Crippen LogP contribution in [0.2, 0.25) is 0 Å². The van der Waals surface area contributed by atoms with Crippen molar-refractivity contribution in [2.24, 2.45) is 7.05 Å². The smallest absolute Gasteiger partial charge is 0.237 e. The van der Waals surface area contributed by atoms with Crippen LogP contribution in [0.5, 0.6) is 0 Å². The predicted octanol–water partition coefficient (Wildman–Crippen LogP) is 2.61. The van der Waals surface area contributed by atoms with E-state index in [1.54, 1.807) is 0 Å². The third-order valence-corrected chi connectivity index (χ3v) is 7.46. The van der Waals surface area contributed by atoms with Crippen LogP contribution in [0.4, 0.5) is 0 Å². The molecule has 4 aliphatic rings. The molecule has 2 aliphatic carbocycles. The predicted molar refractivity (Wildman–Crippen MR) is 107 cm³/mol. The van der Waals surface area contributed by atoms with Crippen LogP contribution in [0.1, 0.15) is 74.6 Å². The highest BCUT2D eigenvalue weighted by Gasteiger charge is 2.39. The van der Waals surface area contributed by atoms with Gasteiger partial charge < -0.3 is 14.2 Å². The molecule has 3 atom stereocenters. The van der Waals surface area contributed by atoms with Gasteiger partial charge in [-0.1, -0.05) is 12.8 Å². The van der Waals surface area contributed by atoms with E-state index in [-0.39, 0.29) is 6.10 Å². The Morgan fingerprint density at radius 1 is 1.07 bits per heavy atom. The number of hydrogen-bond donors (Lipinski definition) is 0. The fraction of sp³-hybridized carbons (Fsp3) is 0.818. The highest BCUT2D eigenvalue weighted by molar-refractivity contribution is 5.79. The molecule has 6 heteroatoms. The monoisotopic (exact) mass is 386 g/mol. The molecule has 0 spiro atoms. The van der Waals surface area contributed by atoms with E-state index in [9.17, 15) is 4.79 Å². The number of likely N-dealkylation sites (tertiary alicyclic amines) is 1. The highest BCUT2D eigenvalue weighted by atomic mass is 16.5. The largest absolute Gasteiger partial charge is 0.374 e. The van der Waals surface area contributed by atoms with E-state index in [1.807, 2.05) is 0 Å². The number of imidazole rings is 1. The number of hydrogen-bond acceptors (Lipinski definition) is 4. The minimum atomic E-state index is 0.266. The summed E-state index contributed by atoms with van der Waals surface area (Å²) >= 11 is 0. The molecule has 5 rings (SSSR count). The van der Waals surface area contributed by atoms with Crippen molar-refractivity contribution in [3.8, 4) is 0 Å². The van der Waals surface area contributed by atoms with Gasteiger partial charge in [-0.2, -0.15) is 0 Å². The van der Waals surface area contributed by atoms with Gasteiger partial charge in [0, 0.05) is 19.3 Å². The second kappa shape index (κ2) is 7.79. The van der Waals surface area contributed by atoms with E-state index in [2.05, 4.69) is 21.4 Å². The van der Waals surface area contributed by atoms with E-state index in [0.717, 1.165) is 51.6 Å². The van der Waals surface area contributed by atoms with Gasteiger partial charge in [0.05, 0.1) is 37.0 Å².